The van der Waals surface area contributed by atoms with Crippen LogP contribution in [0, 0.1) is 24.2 Å². The molecule has 0 aliphatic heterocycles. The van der Waals surface area contributed by atoms with E-state index in [0.717, 1.165) is 0 Å². The highest BCUT2D eigenvalue weighted by Gasteiger charge is 2.19. The molecule has 0 aromatic heterocycles. The number of ether oxygens (including phenoxy) is 1. The van der Waals surface area contributed by atoms with Crippen molar-refractivity contribution in [1.29, 1.82) is 5.41 Å². The molecule has 0 saturated carbocycles. The standard InChI is InChI=1S/C14H18F2I2N2O/c1-5-21-7-11(19)8(2)20-14-12(16)10(17-3)6-9(15)13(14)18-4/h6,8,19-20H,3-5,7H2,1-2H3/t8-/m0/s1. The number of halogens is 4. The van der Waals surface area contributed by atoms with Crippen LogP contribution in [-0.2, 0) is 4.74 Å². The van der Waals surface area contributed by atoms with Crippen LogP contribution in [0.15, 0.2) is 6.07 Å². The lowest BCUT2D eigenvalue weighted by molar-refractivity contribution is 0.185. The second-order valence-electron chi connectivity index (χ2n) is 4.14. The quantitative estimate of drug-likeness (QED) is 0.309. The Morgan fingerprint density at radius 1 is 1.43 bits per heavy atom. The van der Waals surface area contributed by atoms with Crippen LogP contribution in [0.4, 0.5) is 14.5 Å². The molecule has 0 aliphatic rings. The van der Waals surface area contributed by atoms with E-state index >= 15 is 0 Å². The van der Waals surface area contributed by atoms with Crippen molar-refractivity contribution in [2.24, 2.45) is 0 Å². The van der Waals surface area contributed by atoms with Crippen molar-refractivity contribution in [2.45, 2.75) is 19.9 Å². The highest BCUT2D eigenvalue weighted by molar-refractivity contribution is 14.2. The summed E-state index contributed by atoms with van der Waals surface area (Å²) in [6.45, 7) is 4.25. The maximum Gasteiger partial charge on any atom is 0.160 e. The van der Waals surface area contributed by atoms with E-state index in [2.05, 4.69) is 14.3 Å². The molecule has 0 aliphatic carbocycles. The first-order chi connectivity index (χ1) is 9.96. The summed E-state index contributed by atoms with van der Waals surface area (Å²) < 4.78 is 41.7. The van der Waals surface area contributed by atoms with E-state index in [1.807, 2.05) is 6.92 Å². The zero-order valence-corrected chi connectivity index (χ0v) is 16.2. The maximum absolute atomic E-state index is 14.4. The molecular formula is C14H18F2I2N2O. The molecule has 0 fully saturated rings. The number of hydrogen-bond acceptors (Lipinski definition) is 3. The summed E-state index contributed by atoms with van der Waals surface area (Å²) in [5.41, 5.74) is 0.435. The molecule has 0 unspecified atom stereocenters. The molecule has 0 radical (unpaired) electrons. The summed E-state index contributed by atoms with van der Waals surface area (Å²) >= 11 is -1.68. The second-order valence-corrected chi connectivity index (χ2v) is 7.91. The fourth-order valence-electron chi connectivity index (χ4n) is 1.57. The zero-order valence-electron chi connectivity index (χ0n) is 11.9. The average Bonchev–Trinajstić information content (AvgIpc) is 2.48. The van der Waals surface area contributed by atoms with Crippen molar-refractivity contribution in [2.75, 3.05) is 18.5 Å². The highest BCUT2D eigenvalue weighted by atomic mass is 127. The van der Waals surface area contributed by atoms with Gasteiger partial charge in [-0.05, 0) is 19.9 Å². The molecule has 1 atom stereocenters. The predicted molar refractivity (Wildman–Crippen MR) is 103 cm³/mol. The molecule has 3 nitrogen and oxygen atoms in total. The van der Waals surface area contributed by atoms with Crippen molar-refractivity contribution in [3.05, 3.63) is 24.8 Å². The highest BCUT2D eigenvalue weighted by Crippen LogP contribution is 2.32. The topological polar surface area (TPSA) is 45.1 Å². The minimum Gasteiger partial charge on any atom is -0.376 e. The number of rotatable bonds is 8. The number of benzene rings is 1. The summed E-state index contributed by atoms with van der Waals surface area (Å²) in [6.07, 6.45) is 0. The molecule has 2 N–H and O–H groups in total. The van der Waals surface area contributed by atoms with E-state index < -0.39 is 59.1 Å². The lowest BCUT2D eigenvalue weighted by Crippen LogP contribution is -2.30. The number of hydrogen-bond donors (Lipinski definition) is 2. The molecule has 0 saturated heterocycles. The van der Waals surface area contributed by atoms with Gasteiger partial charge in [-0.3, -0.25) is 0 Å². The SMILES string of the molecule is C=Ic1cc(F)c(I=C)c(N[C@@H](C)C(=N)COCC)c1F. The predicted octanol–water partition coefficient (Wildman–Crippen LogP) is 3.97. The molecule has 0 spiro atoms. The Morgan fingerprint density at radius 3 is 2.62 bits per heavy atom. The third-order valence-corrected chi connectivity index (χ3v) is 6.16. The molecule has 118 valence electrons. The maximum atomic E-state index is 14.4. The minimum atomic E-state index is -0.870. The molecule has 1 aromatic carbocycles. The summed E-state index contributed by atoms with van der Waals surface area (Å²) in [6, 6.07) is 0.801. The van der Waals surface area contributed by atoms with Crippen molar-refractivity contribution in [3.8, 4) is 0 Å². The van der Waals surface area contributed by atoms with Crippen LogP contribution < -0.4 is 5.32 Å². The van der Waals surface area contributed by atoms with E-state index in [1.165, 1.54) is 6.07 Å². The first-order valence-corrected chi connectivity index (χ1v) is 11.4. The second kappa shape index (κ2) is 8.99. The monoisotopic (exact) mass is 522 g/mol. The molecule has 0 bridgehead atoms. The van der Waals surface area contributed by atoms with Gasteiger partial charge < -0.3 is 15.5 Å². The average molecular weight is 522 g/mol. The van der Waals surface area contributed by atoms with Gasteiger partial charge in [0, 0.05) is 10.2 Å². The van der Waals surface area contributed by atoms with Crippen LogP contribution >= 0.6 is 41.5 Å². The van der Waals surface area contributed by atoms with Crippen LogP contribution in [0.2, 0.25) is 0 Å². The Balaban J connectivity index is 3.11. The minimum absolute atomic E-state index is 0.143. The first-order valence-electron chi connectivity index (χ1n) is 6.16. The van der Waals surface area contributed by atoms with E-state index in [1.54, 1.807) is 6.92 Å². The largest absolute Gasteiger partial charge is 0.376 e. The Labute approximate surface area is 143 Å². The molecule has 21 heavy (non-hydrogen) atoms. The van der Waals surface area contributed by atoms with Crippen molar-refractivity contribution in [3.63, 3.8) is 0 Å². The molecule has 7 heteroatoms. The van der Waals surface area contributed by atoms with Gasteiger partial charge in [0.1, 0.15) is 5.82 Å². The van der Waals surface area contributed by atoms with Gasteiger partial charge in [-0.15, -0.1) is 0 Å². The molecule has 0 amide bonds. The molecular weight excluding hydrogens is 504 g/mol. The van der Waals surface area contributed by atoms with E-state index in [-0.39, 0.29) is 12.3 Å². The third kappa shape index (κ3) is 4.85. The smallest absolute Gasteiger partial charge is 0.160 e. The van der Waals surface area contributed by atoms with E-state index in [0.29, 0.717) is 19.5 Å². The fourth-order valence-corrected chi connectivity index (χ4v) is 3.96. The molecule has 1 aromatic rings. The Bertz CT molecular complexity index is 564. The third-order valence-electron chi connectivity index (χ3n) is 2.73. The van der Waals surface area contributed by atoms with Crippen LogP contribution in [0.1, 0.15) is 13.8 Å². The summed E-state index contributed by atoms with van der Waals surface area (Å²) in [5, 5.41) is 10.8. The lowest BCUT2D eigenvalue weighted by Gasteiger charge is -2.19. The normalized spacial score (nSPS) is 12.2. The molecule has 1 rings (SSSR count). The summed E-state index contributed by atoms with van der Waals surface area (Å²) in [4.78, 5) is 0. The van der Waals surface area contributed by atoms with Crippen LogP contribution in [0.25, 0.3) is 0 Å². The van der Waals surface area contributed by atoms with Gasteiger partial charge in [0.15, 0.2) is 5.82 Å². The number of anilines is 1. The van der Waals surface area contributed by atoms with Gasteiger partial charge in [-0.1, -0.05) is 50.5 Å². The van der Waals surface area contributed by atoms with E-state index in [9.17, 15) is 8.78 Å². The molecule has 0 heterocycles. The van der Waals surface area contributed by atoms with Gasteiger partial charge in [0.05, 0.1) is 27.6 Å². The van der Waals surface area contributed by atoms with Gasteiger partial charge in [0.25, 0.3) is 0 Å². The number of nitrogens with one attached hydrogen (secondary N) is 2. The van der Waals surface area contributed by atoms with Crippen molar-refractivity contribution >= 4 is 61.9 Å². The van der Waals surface area contributed by atoms with Gasteiger partial charge in [-0.2, -0.15) is 0 Å². The fraction of sp³-hybridized carbons (Fsp3) is 0.357. The van der Waals surface area contributed by atoms with Crippen molar-refractivity contribution < 1.29 is 13.5 Å². The van der Waals surface area contributed by atoms with Crippen LogP contribution in [0.3, 0.4) is 0 Å². The lowest BCUT2D eigenvalue weighted by atomic mass is 10.2. The Morgan fingerprint density at radius 2 is 2.10 bits per heavy atom. The summed E-state index contributed by atoms with van der Waals surface area (Å²) in [7, 11) is 0. The van der Waals surface area contributed by atoms with Gasteiger partial charge >= 0.3 is 0 Å². The van der Waals surface area contributed by atoms with Crippen LogP contribution in [-0.4, -0.2) is 34.0 Å². The van der Waals surface area contributed by atoms with Gasteiger partial charge in [-0.25, -0.2) is 8.78 Å². The van der Waals surface area contributed by atoms with Gasteiger partial charge in [0.2, 0.25) is 0 Å². The van der Waals surface area contributed by atoms with Crippen molar-refractivity contribution in [1.82, 2.24) is 0 Å². The Kier molecular flexibility index (Phi) is 8.03. The first kappa shape index (κ1) is 18.8. The summed E-state index contributed by atoms with van der Waals surface area (Å²) in [5.74, 6) is -0.878. The van der Waals surface area contributed by atoms with Crippen LogP contribution in [0.5, 0.6) is 0 Å². The Hall–Kier alpha value is -0.290. The zero-order chi connectivity index (χ0) is 16.0. The van der Waals surface area contributed by atoms with E-state index in [4.69, 9.17) is 10.1 Å².